The largest absolute Gasteiger partial charge is 0.478 e. The van der Waals surface area contributed by atoms with Crippen molar-refractivity contribution in [2.45, 2.75) is 9.79 Å². The summed E-state index contributed by atoms with van der Waals surface area (Å²) >= 11 is 0. The van der Waals surface area contributed by atoms with Crippen molar-refractivity contribution in [1.29, 1.82) is 0 Å². The molecule has 3 aromatic rings. The van der Waals surface area contributed by atoms with Crippen LogP contribution in [0.5, 0.6) is 0 Å². The number of benzene rings is 3. The van der Waals surface area contributed by atoms with E-state index in [0.717, 1.165) is 0 Å². The van der Waals surface area contributed by atoms with E-state index in [1.54, 1.807) is 48.5 Å². The predicted octanol–water partition coefficient (Wildman–Crippen LogP) is 3.80. The van der Waals surface area contributed by atoms with Crippen molar-refractivity contribution in [2.75, 3.05) is 5.32 Å². The van der Waals surface area contributed by atoms with E-state index >= 15 is 0 Å². The molecule has 130 valence electrons. The first-order chi connectivity index (χ1) is 12.6. The molecule has 1 unspecified atom stereocenters. The van der Waals surface area contributed by atoms with Gasteiger partial charge in [0.15, 0.2) is 0 Å². The SMILES string of the molecule is O=C(O)c1ccccc1C(=O)Nc1ccc(S(=O)c2ccccc2)cc1. The number of carbonyl (C=O) groups is 2. The van der Waals surface area contributed by atoms with Gasteiger partial charge in [-0.2, -0.15) is 0 Å². The highest BCUT2D eigenvalue weighted by molar-refractivity contribution is 7.85. The number of hydrogen-bond acceptors (Lipinski definition) is 3. The number of aromatic carboxylic acids is 1. The number of amides is 1. The summed E-state index contributed by atoms with van der Waals surface area (Å²) in [5, 5.41) is 11.8. The molecule has 0 heterocycles. The summed E-state index contributed by atoms with van der Waals surface area (Å²) in [6, 6.07) is 21.7. The van der Waals surface area contributed by atoms with E-state index in [2.05, 4.69) is 5.32 Å². The number of hydrogen-bond donors (Lipinski definition) is 2. The summed E-state index contributed by atoms with van der Waals surface area (Å²) in [5.74, 6) is -1.68. The molecule has 3 aromatic carbocycles. The number of rotatable bonds is 5. The quantitative estimate of drug-likeness (QED) is 0.720. The van der Waals surface area contributed by atoms with Crippen LogP contribution in [-0.4, -0.2) is 21.2 Å². The summed E-state index contributed by atoms with van der Waals surface area (Å²) in [7, 11) is -1.30. The van der Waals surface area contributed by atoms with E-state index in [0.29, 0.717) is 15.5 Å². The van der Waals surface area contributed by atoms with E-state index in [4.69, 9.17) is 0 Å². The fraction of sp³-hybridized carbons (Fsp3) is 0. The second kappa shape index (κ2) is 7.76. The Labute approximate surface area is 152 Å². The van der Waals surface area contributed by atoms with Crippen LogP contribution in [0.3, 0.4) is 0 Å². The minimum atomic E-state index is -1.30. The Bertz CT molecular complexity index is 969. The van der Waals surface area contributed by atoms with Crippen LogP contribution >= 0.6 is 0 Å². The van der Waals surface area contributed by atoms with Crippen molar-refractivity contribution >= 4 is 28.4 Å². The van der Waals surface area contributed by atoms with Gasteiger partial charge in [-0.1, -0.05) is 30.3 Å². The molecular formula is C20H15NO4S. The molecule has 0 saturated carbocycles. The van der Waals surface area contributed by atoms with Gasteiger partial charge in [0, 0.05) is 15.5 Å². The molecule has 0 saturated heterocycles. The minimum absolute atomic E-state index is 0.0631. The first kappa shape index (κ1) is 17.6. The summed E-state index contributed by atoms with van der Waals surface area (Å²) in [4.78, 5) is 24.9. The first-order valence-electron chi connectivity index (χ1n) is 7.77. The highest BCUT2D eigenvalue weighted by Gasteiger charge is 2.16. The van der Waals surface area contributed by atoms with Crippen molar-refractivity contribution in [3.63, 3.8) is 0 Å². The molecule has 0 spiro atoms. The molecule has 0 aliphatic heterocycles. The highest BCUT2D eigenvalue weighted by atomic mass is 32.2. The van der Waals surface area contributed by atoms with Gasteiger partial charge < -0.3 is 10.4 Å². The zero-order valence-corrected chi connectivity index (χ0v) is 14.4. The molecule has 2 N–H and O–H groups in total. The van der Waals surface area contributed by atoms with Crippen LogP contribution in [0.1, 0.15) is 20.7 Å². The van der Waals surface area contributed by atoms with Crippen LogP contribution in [0.25, 0.3) is 0 Å². The van der Waals surface area contributed by atoms with Crippen LogP contribution in [0.2, 0.25) is 0 Å². The van der Waals surface area contributed by atoms with Gasteiger partial charge in [-0.3, -0.25) is 4.79 Å². The lowest BCUT2D eigenvalue weighted by Gasteiger charge is -2.08. The smallest absolute Gasteiger partial charge is 0.336 e. The number of carboxylic acids is 1. The van der Waals surface area contributed by atoms with Gasteiger partial charge in [-0.05, 0) is 48.5 Å². The number of nitrogens with one attached hydrogen (secondary N) is 1. The molecule has 5 nitrogen and oxygen atoms in total. The predicted molar refractivity (Wildman–Crippen MR) is 98.9 cm³/mol. The Morgan fingerprint density at radius 3 is 1.88 bits per heavy atom. The zero-order chi connectivity index (χ0) is 18.5. The lowest BCUT2D eigenvalue weighted by Crippen LogP contribution is -2.16. The maximum Gasteiger partial charge on any atom is 0.336 e. The fourth-order valence-electron chi connectivity index (χ4n) is 2.41. The monoisotopic (exact) mass is 365 g/mol. The van der Waals surface area contributed by atoms with Crippen LogP contribution in [-0.2, 0) is 10.8 Å². The molecule has 3 rings (SSSR count). The molecule has 0 fully saturated rings. The van der Waals surface area contributed by atoms with Crippen molar-refractivity contribution in [2.24, 2.45) is 0 Å². The van der Waals surface area contributed by atoms with E-state index in [1.165, 1.54) is 12.1 Å². The summed E-state index contributed by atoms with van der Waals surface area (Å²) < 4.78 is 12.5. The Balaban J connectivity index is 1.77. The third-order valence-electron chi connectivity index (χ3n) is 3.69. The second-order valence-electron chi connectivity index (χ2n) is 5.41. The fourth-order valence-corrected chi connectivity index (χ4v) is 3.47. The highest BCUT2D eigenvalue weighted by Crippen LogP contribution is 2.19. The Morgan fingerprint density at radius 1 is 0.731 bits per heavy atom. The summed E-state index contributed by atoms with van der Waals surface area (Å²) in [6.45, 7) is 0. The van der Waals surface area contributed by atoms with E-state index in [-0.39, 0.29) is 11.1 Å². The van der Waals surface area contributed by atoms with Crippen molar-refractivity contribution in [3.05, 3.63) is 90.0 Å². The van der Waals surface area contributed by atoms with Crippen LogP contribution in [0.4, 0.5) is 5.69 Å². The van der Waals surface area contributed by atoms with Gasteiger partial charge in [0.1, 0.15) is 0 Å². The van der Waals surface area contributed by atoms with Crippen LogP contribution in [0.15, 0.2) is 88.7 Å². The molecule has 6 heteroatoms. The van der Waals surface area contributed by atoms with E-state index in [9.17, 15) is 18.9 Å². The zero-order valence-electron chi connectivity index (χ0n) is 13.6. The van der Waals surface area contributed by atoms with Crippen molar-refractivity contribution in [3.8, 4) is 0 Å². The number of carbonyl (C=O) groups excluding carboxylic acids is 1. The van der Waals surface area contributed by atoms with E-state index in [1.807, 2.05) is 18.2 Å². The minimum Gasteiger partial charge on any atom is -0.478 e. The maximum absolute atomic E-state index is 12.5. The number of carboxylic acid groups (broad SMARTS) is 1. The summed E-state index contributed by atoms with van der Waals surface area (Å²) in [6.07, 6.45) is 0. The van der Waals surface area contributed by atoms with Gasteiger partial charge in [0.25, 0.3) is 5.91 Å². The molecule has 0 aliphatic rings. The van der Waals surface area contributed by atoms with Gasteiger partial charge in [0.2, 0.25) is 0 Å². The third-order valence-corrected chi connectivity index (χ3v) is 5.09. The molecule has 1 amide bonds. The lowest BCUT2D eigenvalue weighted by molar-refractivity contribution is 0.0692. The van der Waals surface area contributed by atoms with Gasteiger partial charge in [-0.25, -0.2) is 9.00 Å². The average molecular weight is 365 g/mol. The molecule has 1 atom stereocenters. The molecule has 0 bridgehead atoms. The Hall–Kier alpha value is -3.25. The van der Waals surface area contributed by atoms with Gasteiger partial charge >= 0.3 is 5.97 Å². The Morgan fingerprint density at radius 2 is 1.27 bits per heavy atom. The average Bonchev–Trinajstić information content (AvgIpc) is 2.68. The normalized spacial score (nSPS) is 11.5. The molecule has 0 aliphatic carbocycles. The standard InChI is InChI=1S/C20H15NO4S/c22-19(17-8-4-5-9-18(17)20(23)24)21-14-10-12-16(13-11-14)26(25)15-6-2-1-3-7-15/h1-13H,(H,21,22)(H,23,24). The molecule has 0 radical (unpaired) electrons. The van der Waals surface area contributed by atoms with Crippen LogP contribution < -0.4 is 5.32 Å². The van der Waals surface area contributed by atoms with Crippen molar-refractivity contribution in [1.82, 2.24) is 0 Å². The lowest BCUT2D eigenvalue weighted by atomic mass is 10.1. The molecule has 0 aromatic heterocycles. The molecule has 26 heavy (non-hydrogen) atoms. The van der Waals surface area contributed by atoms with Crippen molar-refractivity contribution < 1.29 is 18.9 Å². The van der Waals surface area contributed by atoms with E-state index < -0.39 is 22.7 Å². The summed E-state index contributed by atoms with van der Waals surface area (Å²) in [5.41, 5.74) is 0.507. The maximum atomic E-state index is 12.5. The number of anilines is 1. The van der Waals surface area contributed by atoms with Gasteiger partial charge in [-0.15, -0.1) is 0 Å². The van der Waals surface area contributed by atoms with Gasteiger partial charge in [0.05, 0.1) is 21.9 Å². The third kappa shape index (κ3) is 3.87. The Kier molecular flexibility index (Phi) is 5.24. The van der Waals surface area contributed by atoms with Crippen LogP contribution in [0, 0.1) is 0 Å². The topological polar surface area (TPSA) is 83.5 Å². The molecular weight excluding hydrogens is 350 g/mol. The second-order valence-corrected chi connectivity index (χ2v) is 6.89. The first-order valence-corrected chi connectivity index (χ1v) is 8.92.